The van der Waals surface area contributed by atoms with Gasteiger partial charge in [-0.1, -0.05) is 42.5 Å². The summed E-state index contributed by atoms with van der Waals surface area (Å²) in [6.45, 7) is 0.725. The second-order valence-electron chi connectivity index (χ2n) is 4.32. The van der Waals surface area contributed by atoms with E-state index >= 15 is 0 Å². The Morgan fingerprint density at radius 1 is 0.944 bits per heavy atom. The minimum absolute atomic E-state index is 0.711. The van der Waals surface area contributed by atoms with E-state index in [1.54, 1.807) is 0 Å². The van der Waals surface area contributed by atoms with E-state index in [4.69, 9.17) is 0 Å². The van der Waals surface area contributed by atoms with E-state index in [0.29, 0.717) is 5.69 Å². The molecule has 0 atom stereocenters. The number of hydrogen-bond donors (Lipinski definition) is 0. The lowest BCUT2D eigenvalue weighted by molar-refractivity contribution is 0.111. The van der Waals surface area contributed by atoms with Gasteiger partial charge in [0.15, 0.2) is 6.29 Å². The van der Waals surface area contributed by atoms with Crippen molar-refractivity contribution >= 4 is 17.1 Å². The molecular formula is C16H13NO. The Labute approximate surface area is 105 Å². The van der Waals surface area contributed by atoms with Crippen LogP contribution in [0.5, 0.6) is 0 Å². The fourth-order valence-electron chi connectivity index (χ4n) is 2.29. The van der Waals surface area contributed by atoms with Gasteiger partial charge < -0.3 is 4.57 Å². The van der Waals surface area contributed by atoms with Crippen LogP contribution in [0.1, 0.15) is 16.1 Å². The molecule has 0 saturated carbocycles. The Kier molecular flexibility index (Phi) is 2.69. The molecule has 0 radical (unpaired) electrons. The summed E-state index contributed by atoms with van der Waals surface area (Å²) in [5, 5.41) is 2.47. The number of aldehydes is 1. The second-order valence-corrected chi connectivity index (χ2v) is 4.32. The SMILES string of the molecule is O=Cc1cccn1Cc1cccc2ccccc12. The Morgan fingerprint density at radius 2 is 1.78 bits per heavy atom. The molecule has 0 aliphatic heterocycles. The second kappa shape index (κ2) is 4.49. The normalized spacial score (nSPS) is 10.7. The van der Waals surface area contributed by atoms with Crippen LogP contribution in [0.15, 0.2) is 60.8 Å². The van der Waals surface area contributed by atoms with Gasteiger partial charge >= 0.3 is 0 Å². The summed E-state index contributed by atoms with van der Waals surface area (Å²) in [6, 6.07) is 18.3. The van der Waals surface area contributed by atoms with Crippen LogP contribution < -0.4 is 0 Å². The predicted octanol–water partition coefficient (Wildman–Crippen LogP) is 3.50. The maximum Gasteiger partial charge on any atom is 0.166 e. The molecule has 0 bridgehead atoms. The number of nitrogens with zero attached hydrogens (tertiary/aromatic N) is 1. The Balaban J connectivity index is 2.07. The number of benzene rings is 2. The van der Waals surface area contributed by atoms with Crippen molar-refractivity contribution in [2.24, 2.45) is 0 Å². The van der Waals surface area contributed by atoms with Crippen molar-refractivity contribution in [2.45, 2.75) is 6.54 Å². The summed E-state index contributed by atoms with van der Waals surface area (Å²) in [7, 11) is 0. The van der Waals surface area contributed by atoms with Crippen LogP contribution >= 0.6 is 0 Å². The van der Waals surface area contributed by atoms with Gasteiger partial charge in [-0.25, -0.2) is 0 Å². The van der Waals surface area contributed by atoms with E-state index in [1.165, 1.54) is 16.3 Å². The first-order valence-corrected chi connectivity index (χ1v) is 5.95. The minimum Gasteiger partial charge on any atom is -0.341 e. The fraction of sp³-hybridized carbons (Fsp3) is 0.0625. The third-order valence-electron chi connectivity index (χ3n) is 3.21. The molecule has 0 saturated heterocycles. The molecule has 1 heterocycles. The molecule has 0 N–H and O–H groups in total. The lowest BCUT2D eigenvalue weighted by atomic mass is 10.0. The zero-order chi connectivity index (χ0) is 12.4. The first kappa shape index (κ1) is 10.8. The van der Waals surface area contributed by atoms with E-state index in [1.807, 2.05) is 35.0 Å². The smallest absolute Gasteiger partial charge is 0.166 e. The highest BCUT2D eigenvalue weighted by Gasteiger charge is 2.03. The molecule has 2 aromatic carbocycles. The molecule has 0 amide bonds. The zero-order valence-electron chi connectivity index (χ0n) is 9.91. The molecule has 3 rings (SSSR count). The molecule has 0 aliphatic rings. The van der Waals surface area contributed by atoms with Gasteiger partial charge in [-0.15, -0.1) is 0 Å². The highest BCUT2D eigenvalue weighted by molar-refractivity contribution is 5.85. The van der Waals surface area contributed by atoms with Gasteiger partial charge in [0.25, 0.3) is 0 Å². The van der Waals surface area contributed by atoms with Crippen LogP contribution in [0.2, 0.25) is 0 Å². The van der Waals surface area contributed by atoms with Crippen molar-refractivity contribution in [1.82, 2.24) is 4.57 Å². The van der Waals surface area contributed by atoms with Gasteiger partial charge in [0.1, 0.15) is 0 Å². The molecule has 0 fully saturated rings. The van der Waals surface area contributed by atoms with Crippen molar-refractivity contribution in [3.05, 3.63) is 72.1 Å². The molecule has 0 spiro atoms. The maximum absolute atomic E-state index is 10.9. The number of rotatable bonds is 3. The van der Waals surface area contributed by atoms with Gasteiger partial charge in [-0.3, -0.25) is 4.79 Å². The van der Waals surface area contributed by atoms with Crippen LogP contribution in [0.4, 0.5) is 0 Å². The molecule has 2 nitrogen and oxygen atoms in total. The first-order valence-electron chi connectivity index (χ1n) is 5.95. The van der Waals surface area contributed by atoms with Gasteiger partial charge in [-0.2, -0.15) is 0 Å². The molecule has 1 aromatic heterocycles. The molecule has 0 aliphatic carbocycles. The molecule has 2 heteroatoms. The topological polar surface area (TPSA) is 22.0 Å². The van der Waals surface area contributed by atoms with Crippen molar-refractivity contribution in [2.75, 3.05) is 0 Å². The van der Waals surface area contributed by atoms with Crippen LogP contribution in [-0.4, -0.2) is 10.9 Å². The molecule has 18 heavy (non-hydrogen) atoms. The van der Waals surface area contributed by atoms with Crippen molar-refractivity contribution < 1.29 is 4.79 Å². The maximum atomic E-state index is 10.9. The molecule has 0 unspecified atom stereocenters. The number of fused-ring (bicyclic) bond motifs is 1. The number of aromatic nitrogens is 1. The van der Waals surface area contributed by atoms with Crippen molar-refractivity contribution in [3.8, 4) is 0 Å². The average Bonchev–Trinajstić information content (AvgIpc) is 2.86. The van der Waals surface area contributed by atoms with E-state index in [2.05, 4.69) is 30.3 Å². The van der Waals surface area contributed by atoms with Gasteiger partial charge in [0, 0.05) is 12.7 Å². The van der Waals surface area contributed by atoms with Gasteiger partial charge in [-0.05, 0) is 28.5 Å². The quantitative estimate of drug-likeness (QED) is 0.637. The largest absolute Gasteiger partial charge is 0.341 e. The highest BCUT2D eigenvalue weighted by Crippen LogP contribution is 2.19. The minimum atomic E-state index is 0.711. The average molecular weight is 235 g/mol. The van der Waals surface area contributed by atoms with Crippen LogP contribution in [0.25, 0.3) is 10.8 Å². The third-order valence-corrected chi connectivity index (χ3v) is 3.21. The number of carbonyl (C=O) groups excluding carboxylic acids is 1. The number of hydrogen-bond acceptors (Lipinski definition) is 1. The lowest BCUT2D eigenvalue weighted by Crippen LogP contribution is -2.02. The summed E-state index contributed by atoms with van der Waals surface area (Å²) >= 11 is 0. The summed E-state index contributed by atoms with van der Waals surface area (Å²) < 4.78 is 1.97. The summed E-state index contributed by atoms with van der Waals surface area (Å²) in [6.07, 6.45) is 2.83. The van der Waals surface area contributed by atoms with Crippen LogP contribution in [-0.2, 0) is 6.54 Å². The van der Waals surface area contributed by atoms with Crippen LogP contribution in [0.3, 0.4) is 0 Å². The summed E-state index contributed by atoms with van der Waals surface area (Å²) in [5.41, 5.74) is 1.94. The summed E-state index contributed by atoms with van der Waals surface area (Å²) in [4.78, 5) is 10.9. The van der Waals surface area contributed by atoms with Gasteiger partial charge in [0.05, 0.1) is 5.69 Å². The van der Waals surface area contributed by atoms with Crippen molar-refractivity contribution in [1.29, 1.82) is 0 Å². The Bertz CT molecular complexity index is 692. The Morgan fingerprint density at radius 3 is 2.67 bits per heavy atom. The van der Waals surface area contributed by atoms with E-state index in [0.717, 1.165) is 12.8 Å². The van der Waals surface area contributed by atoms with Gasteiger partial charge in [0.2, 0.25) is 0 Å². The molecule has 88 valence electrons. The zero-order valence-corrected chi connectivity index (χ0v) is 9.91. The molecular weight excluding hydrogens is 222 g/mol. The molecule has 3 aromatic rings. The highest BCUT2D eigenvalue weighted by atomic mass is 16.1. The Hall–Kier alpha value is -2.35. The standard InChI is InChI=1S/C16H13NO/c18-12-15-8-4-10-17(15)11-14-7-3-6-13-5-1-2-9-16(13)14/h1-10,12H,11H2. The van der Waals surface area contributed by atoms with E-state index in [-0.39, 0.29) is 0 Å². The lowest BCUT2D eigenvalue weighted by Gasteiger charge is -2.09. The van der Waals surface area contributed by atoms with Crippen LogP contribution in [0, 0.1) is 0 Å². The predicted molar refractivity (Wildman–Crippen MR) is 72.9 cm³/mol. The first-order chi connectivity index (χ1) is 8.88. The monoisotopic (exact) mass is 235 g/mol. The van der Waals surface area contributed by atoms with Crippen molar-refractivity contribution in [3.63, 3.8) is 0 Å². The number of carbonyl (C=O) groups is 1. The fourth-order valence-corrected chi connectivity index (χ4v) is 2.29. The van der Waals surface area contributed by atoms with E-state index in [9.17, 15) is 4.79 Å². The third kappa shape index (κ3) is 1.82. The summed E-state index contributed by atoms with van der Waals surface area (Å²) in [5.74, 6) is 0. The van der Waals surface area contributed by atoms with E-state index < -0.39 is 0 Å².